The van der Waals surface area contributed by atoms with Gasteiger partial charge in [-0.05, 0) is 18.1 Å². The number of nitrogen functional groups attached to an aromatic ring is 1. The van der Waals surface area contributed by atoms with Gasteiger partial charge in [-0.15, -0.1) is 0 Å². The number of nitrogens with zero attached hydrogens (tertiary/aromatic N) is 1. The predicted molar refractivity (Wildman–Crippen MR) is 50.1 cm³/mol. The van der Waals surface area contributed by atoms with Crippen LogP contribution in [0.25, 0.3) is 0 Å². The summed E-state index contributed by atoms with van der Waals surface area (Å²) in [6, 6.07) is 2.79. The van der Waals surface area contributed by atoms with Gasteiger partial charge in [0.1, 0.15) is 0 Å². The van der Waals surface area contributed by atoms with Gasteiger partial charge in [0, 0.05) is 24.4 Å². The first-order chi connectivity index (χ1) is 6.06. The molecule has 0 bridgehead atoms. The molecule has 5 heteroatoms. The summed E-state index contributed by atoms with van der Waals surface area (Å²) >= 11 is 0. The van der Waals surface area contributed by atoms with Gasteiger partial charge >= 0.3 is 0 Å². The molecule has 13 heavy (non-hydrogen) atoms. The van der Waals surface area contributed by atoms with E-state index in [1.807, 2.05) is 0 Å². The maximum Gasteiger partial charge on any atom is 0.271 e. The fourth-order valence-corrected chi connectivity index (χ4v) is 1.10. The van der Waals surface area contributed by atoms with Crippen LogP contribution in [0.4, 0.5) is 11.4 Å². The second kappa shape index (κ2) is 3.40. The van der Waals surface area contributed by atoms with Crippen LogP contribution in [0.2, 0.25) is 0 Å². The molecule has 0 aromatic heterocycles. The SMILES string of the molecule is Cc1c(N)cc([N+](=O)[O-])cc1CN. The van der Waals surface area contributed by atoms with Gasteiger partial charge in [-0.3, -0.25) is 10.1 Å². The van der Waals surface area contributed by atoms with Crippen molar-refractivity contribution < 1.29 is 4.92 Å². The molecule has 0 spiro atoms. The molecule has 0 heterocycles. The Bertz CT molecular complexity index is 349. The van der Waals surface area contributed by atoms with Crippen LogP contribution in [0, 0.1) is 17.0 Å². The number of rotatable bonds is 2. The van der Waals surface area contributed by atoms with Crippen molar-refractivity contribution in [2.45, 2.75) is 13.5 Å². The fraction of sp³-hybridized carbons (Fsp3) is 0.250. The predicted octanol–water partition coefficient (Wildman–Crippen LogP) is 0.944. The van der Waals surface area contributed by atoms with Crippen molar-refractivity contribution in [1.29, 1.82) is 0 Å². The maximum atomic E-state index is 10.4. The Morgan fingerprint density at radius 1 is 1.54 bits per heavy atom. The molecule has 0 aliphatic carbocycles. The second-order valence-electron chi connectivity index (χ2n) is 2.78. The summed E-state index contributed by atoms with van der Waals surface area (Å²) in [5.41, 5.74) is 12.9. The first kappa shape index (κ1) is 9.47. The van der Waals surface area contributed by atoms with E-state index in [1.165, 1.54) is 12.1 Å². The topological polar surface area (TPSA) is 95.2 Å². The van der Waals surface area contributed by atoms with Crippen LogP contribution >= 0.6 is 0 Å². The smallest absolute Gasteiger partial charge is 0.271 e. The van der Waals surface area contributed by atoms with Crippen LogP contribution in [0.15, 0.2) is 12.1 Å². The van der Waals surface area contributed by atoms with Crippen molar-refractivity contribution in [2.75, 3.05) is 5.73 Å². The molecule has 0 saturated carbocycles. The maximum absolute atomic E-state index is 10.4. The Labute approximate surface area is 75.5 Å². The van der Waals surface area contributed by atoms with Gasteiger partial charge in [0.2, 0.25) is 0 Å². The summed E-state index contributed by atoms with van der Waals surface area (Å²) in [5, 5.41) is 10.4. The minimum absolute atomic E-state index is 0.0106. The van der Waals surface area contributed by atoms with Crippen molar-refractivity contribution in [1.82, 2.24) is 0 Å². The van der Waals surface area contributed by atoms with Crippen LogP contribution < -0.4 is 11.5 Å². The zero-order valence-corrected chi connectivity index (χ0v) is 7.28. The Morgan fingerprint density at radius 3 is 2.62 bits per heavy atom. The third-order valence-electron chi connectivity index (χ3n) is 1.97. The van der Waals surface area contributed by atoms with Crippen LogP contribution in [0.1, 0.15) is 11.1 Å². The van der Waals surface area contributed by atoms with Crippen LogP contribution in [0.5, 0.6) is 0 Å². The van der Waals surface area contributed by atoms with Crippen molar-refractivity contribution in [2.24, 2.45) is 5.73 Å². The van der Waals surface area contributed by atoms with Gasteiger partial charge in [-0.2, -0.15) is 0 Å². The van der Waals surface area contributed by atoms with Crippen molar-refractivity contribution in [3.8, 4) is 0 Å². The Balaban J connectivity index is 3.30. The molecule has 0 saturated heterocycles. The number of anilines is 1. The molecular formula is C8H11N3O2. The lowest BCUT2D eigenvalue weighted by atomic mass is 10.1. The lowest BCUT2D eigenvalue weighted by Gasteiger charge is -2.05. The molecule has 0 atom stereocenters. The number of nitrogens with two attached hydrogens (primary N) is 2. The average Bonchev–Trinajstić information content (AvgIpc) is 2.09. The van der Waals surface area contributed by atoms with Crippen LogP contribution in [0.3, 0.4) is 0 Å². The van der Waals surface area contributed by atoms with Crippen molar-refractivity contribution >= 4 is 11.4 Å². The highest BCUT2D eigenvalue weighted by molar-refractivity contribution is 5.57. The quantitative estimate of drug-likeness (QED) is 0.403. The normalized spacial score (nSPS) is 10.0. The third kappa shape index (κ3) is 1.75. The van der Waals surface area contributed by atoms with Crippen molar-refractivity contribution in [3.63, 3.8) is 0 Å². The molecule has 1 rings (SSSR count). The van der Waals surface area contributed by atoms with Gasteiger partial charge in [-0.25, -0.2) is 0 Å². The minimum atomic E-state index is -0.477. The van der Waals surface area contributed by atoms with E-state index in [9.17, 15) is 10.1 Å². The monoisotopic (exact) mass is 181 g/mol. The molecule has 0 unspecified atom stereocenters. The molecule has 1 aromatic rings. The Kier molecular flexibility index (Phi) is 2.48. The van der Waals surface area contributed by atoms with Crippen molar-refractivity contribution in [3.05, 3.63) is 33.4 Å². The molecule has 70 valence electrons. The van der Waals surface area contributed by atoms with E-state index in [-0.39, 0.29) is 12.2 Å². The Morgan fingerprint density at radius 2 is 2.15 bits per heavy atom. The van der Waals surface area contributed by atoms with Gasteiger partial charge in [-0.1, -0.05) is 0 Å². The Hall–Kier alpha value is -1.62. The first-order valence-electron chi connectivity index (χ1n) is 3.79. The number of benzene rings is 1. The highest BCUT2D eigenvalue weighted by Gasteiger charge is 2.10. The molecule has 0 aliphatic rings. The molecule has 0 amide bonds. The van der Waals surface area contributed by atoms with Crippen LogP contribution in [-0.2, 0) is 6.54 Å². The highest BCUT2D eigenvalue weighted by Crippen LogP contribution is 2.23. The lowest BCUT2D eigenvalue weighted by molar-refractivity contribution is -0.384. The molecule has 0 radical (unpaired) electrons. The van der Waals surface area contributed by atoms with E-state index in [4.69, 9.17) is 11.5 Å². The van der Waals surface area contributed by atoms with Gasteiger partial charge in [0.05, 0.1) is 4.92 Å². The number of hydrogen-bond acceptors (Lipinski definition) is 4. The van der Waals surface area contributed by atoms with E-state index in [0.29, 0.717) is 11.3 Å². The fourth-order valence-electron chi connectivity index (χ4n) is 1.10. The molecule has 5 nitrogen and oxygen atoms in total. The summed E-state index contributed by atoms with van der Waals surface area (Å²) in [5.74, 6) is 0. The molecule has 0 fully saturated rings. The molecule has 4 N–H and O–H groups in total. The zero-order chi connectivity index (χ0) is 10.0. The largest absolute Gasteiger partial charge is 0.398 e. The number of nitro groups is 1. The number of nitro benzene ring substituents is 1. The molecular weight excluding hydrogens is 170 g/mol. The first-order valence-corrected chi connectivity index (χ1v) is 3.79. The number of non-ortho nitro benzene ring substituents is 1. The lowest BCUT2D eigenvalue weighted by Crippen LogP contribution is -2.03. The summed E-state index contributed by atoms with van der Waals surface area (Å²) in [6.45, 7) is 2.05. The van der Waals surface area contributed by atoms with E-state index in [1.54, 1.807) is 6.92 Å². The summed E-state index contributed by atoms with van der Waals surface area (Å²) in [7, 11) is 0. The third-order valence-corrected chi connectivity index (χ3v) is 1.97. The number of hydrogen-bond donors (Lipinski definition) is 2. The van der Waals surface area contributed by atoms with Gasteiger partial charge < -0.3 is 11.5 Å². The van der Waals surface area contributed by atoms with E-state index >= 15 is 0 Å². The molecule has 1 aromatic carbocycles. The minimum Gasteiger partial charge on any atom is -0.398 e. The summed E-state index contributed by atoms with van der Waals surface area (Å²) < 4.78 is 0. The van der Waals surface area contributed by atoms with Gasteiger partial charge in [0.15, 0.2) is 0 Å². The highest BCUT2D eigenvalue weighted by atomic mass is 16.6. The van der Waals surface area contributed by atoms with E-state index in [2.05, 4.69) is 0 Å². The van der Waals surface area contributed by atoms with E-state index < -0.39 is 4.92 Å². The van der Waals surface area contributed by atoms with Crippen LogP contribution in [-0.4, -0.2) is 4.92 Å². The second-order valence-corrected chi connectivity index (χ2v) is 2.78. The standard InChI is InChI=1S/C8H11N3O2/c1-5-6(4-9)2-7(11(12)13)3-8(5)10/h2-3H,4,9-10H2,1H3. The zero-order valence-electron chi connectivity index (χ0n) is 7.28. The summed E-state index contributed by atoms with van der Waals surface area (Å²) in [4.78, 5) is 9.96. The molecule has 0 aliphatic heterocycles. The van der Waals surface area contributed by atoms with E-state index in [0.717, 1.165) is 5.56 Å². The average molecular weight is 181 g/mol. The summed E-state index contributed by atoms with van der Waals surface area (Å²) in [6.07, 6.45) is 0. The van der Waals surface area contributed by atoms with Gasteiger partial charge in [0.25, 0.3) is 5.69 Å².